The summed E-state index contributed by atoms with van der Waals surface area (Å²) in [6, 6.07) is 0. The predicted octanol–water partition coefficient (Wildman–Crippen LogP) is 23.2. The average Bonchev–Trinajstić information content (AvgIpc) is 3.51. The molecule has 0 radical (unpaired) electrons. The van der Waals surface area contributed by atoms with E-state index in [1.54, 1.807) is 0 Å². The zero-order chi connectivity index (χ0) is 61.2. The van der Waals surface area contributed by atoms with Crippen molar-refractivity contribution in [1.82, 2.24) is 0 Å². The first-order valence-corrected chi connectivity index (χ1v) is 37.4. The number of likely N-dealkylation sites (N-methyl/N-ethyl adjacent to an activating group) is 1. The third-order valence-corrected chi connectivity index (χ3v) is 17.3. The molecular weight excluding hydrogens is 1040 g/mol. The van der Waals surface area contributed by atoms with E-state index < -0.39 is 18.4 Å². The van der Waals surface area contributed by atoms with Crippen LogP contribution in [0.1, 0.15) is 393 Å². The van der Waals surface area contributed by atoms with Crippen molar-refractivity contribution in [2.45, 2.75) is 405 Å². The number of hydrogen-bond acceptors (Lipinski definition) is 7. The molecule has 9 nitrogen and oxygen atoms in total. The molecule has 0 aliphatic carbocycles. The second-order valence-electron chi connectivity index (χ2n) is 27.0. The number of hydrogen-bond donors (Lipinski definition) is 1. The number of carbonyl (C=O) groups is 3. The third kappa shape index (κ3) is 67.5. The summed E-state index contributed by atoms with van der Waals surface area (Å²) in [5.74, 6) is -1.97. The SMILES string of the molecule is CCCCCCCCCC/C=C\CCCCCCCCCCCCCC(=O)OC(COC(=O)CCCCCCCCCCCCCCCCCCCCCCCCCCCCCCCCCCCCCC)COC(OCC[N+](C)(C)C)C(=O)O. The molecule has 0 bridgehead atoms. The van der Waals surface area contributed by atoms with E-state index in [1.807, 2.05) is 21.1 Å². The molecule has 2 atom stereocenters. The summed E-state index contributed by atoms with van der Waals surface area (Å²) < 4.78 is 23.0. The van der Waals surface area contributed by atoms with Gasteiger partial charge in [0.2, 0.25) is 0 Å². The maximum atomic E-state index is 12.9. The number of aliphatic carboxylic acids is 1. The van der Waals surface area contributed by atoms with Gasteiger partial charge in [0.25, 0.3) is 6.29 Å². The van der Waals surface area contributed by atoms with Gasteiger partial charge in [0.05, 0.1) is 34.4 Å². The number of carboxylic acid groups (broad SMARTS) is 1. The van der Waals surface area contributed by atoms with E-state index in [-0.39, 0.29) is 38.2 Å². The summed E-state index contributed by atoms with van der Waals surface area (Å²) in [6.07, 6.45) is 79.3. The predicted molar refractivity (Wildman–Crippen MR) is 360 cm³/mol. The Balaban J connectivity index is 3.96. The number of ether oxygens (including phenoxy) is 4. The van der Waals surface area contributed by atoms with Gasteiger partial charge >= 0.3 is 17.9 Å². The molecule has 2 unspecified atom stereocenters. The van der Waals surface area contributed by atoms with E-state index >= 15 is 0 Å². The average molecular weight is 1190 g/mol. The molecule has 0 rings (SSSR count). The van der Waals surface area contributed by atoms with E-state index in [1.165, 1.54) is 327 Å². The molecule has 498 valence electrons. The molecule has 0 aliphatic rings. The van der Waals surface area contributed by atoms with Crippen LogP contribution in [0, 0.1) is 0 Å². The van der Waals surface area contributed by atoms with Gasteiger partial charge in [-0.25, -0.2) is 4.79 Å². The largest absolute Gasteiger partial charge is 0.477 e. The highest BCUT2D eigenvalue weighted by molar-refractivity contribution is 5.71. The zero-order valence-electron chi connectivity index (χ0n) is 57.1. The molecule has 0 aliphatic heterocycles. The number of nitrogens with zero attached hydrogens (tertiary/aromatic N) is 1. The summed E-state index contributed by atoms with van der Waals surface area (Å²) in [5, 5.41) is 9.75. The lowest BCUT2D eigenvalue weighted by molar-refractivity contribution is -0.870. The minimum Gasteiger partial charge on any atom is -0.477 e. The molecular formula is C75H146NO8+. The molecule has 0 aromatic rings. The lowest BCUT2D eigenvalue weighted by Gasteiger charge is -2.25. The maximum Gasteiger partial charge on any atom is 0.361 e. The van der Waals surface area contributed by atoms with E-state index in [4.69, 9.17) is 18.9 Å². The van der Waals surface area contributed by atoms with Crippen LogP contribution < -0.4 is 0 Å². The van der Waals surface area contributed by atoms with Crippen molar-refractivity contribution in [3.05, 3.63) is 12.2 Å². The van der Waals surface area contributed by atoms with Crippen LogP contribution in [-0.4, -0.2) is 87.4 Å². The van der Waals surface area contributed by atoms with Crippen molar-refractivity contribution in [2.24, 2.45) is 0 Å². The topological polar surface area (TPSA) is 108 Å². The van der Waals surface area contributed by atoms with E-state index in [0.717, 1.165) is 38.5 Å². The highest BCUT2D eigenvalue weighted by Gasteiger charge is 2.25. The quantitative estimate of drug-likeness (QED) is 0.0211. The summed E-state index contributed by atoms with van der Waals surface area (Å²) >= 11 is 0. The van der Waals surface area contributed by atoms with Gasteiger partial charge in [-0.2, -0.15) is 0 Å². The van der Waals surface area contributed by atoms with Crippen LogP contribution in [0.25, 0.3) is 0 Å². The van der Waals surface area contributed by atoms with E-state index in [9.17, 15) is 19.5 Å². The minimum atomic E-state index is -1.51. The zero-order valence-corrected chi connectivity index (χ0v) is 57.1. The standard InChI is InChI=1S/C75H145NO8/c1-6-8-10-12-14-16-18-20-22-24-26-28-30-31-32-33-34-35-36-37-38-39-40-41-42-44-45-47-49-51-53-55-57-59-61-63-65-72(77)82-69-71(70-83-75(74(79)80)81-68-67-76(3,4)5)84-73(78)66-64-62-60-58-56-54-52-50-48-46-43-29-27-25-23-21-19-17-15-13-11-9-7-2/h25,27,71,75H,6-24,26,28-70H2,1-5H3/p+1/b27-25-. The van der Waals surface area contributed by atoms with Crippen molar-refractivity contribution in [3.63, 3.8) is 0 Å². The molecule has 0 saturated carbocycles. The lowest BCUT2D eigenvalue weighted by atomic mass is 10.0. The molecule has 9 heteroatoms. The van der Waals surface area contributed by atoms with E-state index in [2.05, 4.69) is 26.0 Å². The molecule has 1 N–H and O–H groups in total. The maximum absolute atomic E-state index is 12.9. The monoisotopic (exact) mass is 1190 g/mol. The van der Waals surface area contributed by atoms with Gasteiger partial charge in [-0.1, -0.05) is 353 Å². The number of allylic oxidation sites excluding steroid dienone is 2. The molecule has 0 fully saturated rings. The first-order valence-electron chi connectivity index (χ1n) is 37.4. The van der Waals surface area contributed by atoms with Crippen LogP contribution in [-0.2, 0) is 33.3 Å². The van der Waals surface area contributed by atoms with Crippen molar-refractivity contribution >= 4 is 17.9 Å². The van der Waals surface area contributed by atoms with Gasteiger partial charge in [-0.3, -0.25) is 9.59 Å². The number of esters is 2. The van der Waals surface area contributed by atoms with Gasteiger partial charge in [0, 0.05) is 12.8 Å². The fraction of sp³-hybridized carbons (Fsp3) is 0.933. The number of carbonyl (C=O) groups excluding carboxylic acids is 2. The van der Waals surface area contributed by atoms with Crippen molar-refractivity contribution in [1.29, 1.82) is 0 Å². The molecule has 84 heavy (non-hydrogen) atoms. The van der Waals surface area contributed by atoms with Gasteiger partial charge in [-0.05, 0) is 38.5 Å². The Morgan fingerprint density at radius 3 is 0.881 bits per heavy atom. The lowest BCUT2D eigenvalue weighted by Crippen LogP contribution is -2.40. The number of unbranched alkanes of at least 4 members (excludes halogenated alkanes) is 54. The molecule has 0 aromatic carbocycles. The first-order chi connectivity index (χ1) is 41.1. The van der Waals surface area contributed by atoms with Crippen LogP contribution in [0.5, 0.6) is 0 Å². The van der Waals surface area contributed by atoms with Crippen LogP contribution in [0.15, 0.2) is 12.2 Å². The van der Waals surface area contributed by atoms with Crippen molar-refractivity contribution in [2.75, 3.05) is 47.5 Å². The normalized spacial score (nSPS) is 12.6. The van der Waals surface area contributed by atoms with Gasteiger partial charge in [0.15, 0.2) is 6.10 Å². The second kappa shape index (κ2) is 67.0. The highest BCUT2D eigenvalue weighted by Crippen LogP contribution is 2.20. The number of carboxylic acids is 1. The summed E-state index contributed by atoms with van der Waals surface area (Å²) in [7, 11) is 5.99. The molecule has 0 amide bonds. The van der Waals surface area contributed by atoms with Gasteiger partial charge in [-0.15, -0.1) is 0 Å². The summed E-state index contributed by atoms with van der Waals surface area (Å²) in [6.45, 7) is 4.96. The van der Waals surface area contributed by atoms with Crippen LogP contribution in [0.3, 0.4) is 0 Å². The smallest absolute Gasteiger partial charge is 0.361 e. The molecule has 0 aromatic heterocycles. The Hall–Kier alpha value is -1.97. The van der Waals surface area contributed by atoms with Crippen molar-refractivity contribution < 1.29 is 42.9 Å². The third-order valence-electron chi connectivity index (χ3n) is 17.3. The van der Waals surface area contributed by atoms with Gasteiger partial charge < -0.3 is 28.5 Å². The first kappa shape index (κ1) is 82.0. The fourth-order valence-corrected chi connectivity index (χ4v) is 11.5. The van der Waals surface area contributed by atoms with E-state index in [0.29, 0.717) is 17.4 Å². The Morgan fingerprint density at radius 1 is 0.345 bits per heavy atom. The molecule has 0 spiro atoms. The Labute approximate surface area is 523 Å². The van der Waals surface area contributed by atoms with Gasteiger partial charge in [0.1, 0.15) is 13.2 Å². The summed E-state index contributed by atoms with van der Waals surface area (Å²) in [4.78, 5) is 37.6. The Kier molecular flexibility index (Phi) is 65.4. The minimum absolute atomic E-state index is 0.175. The van der Waals surface area contributed by atoms with Crippen molar-refractivity contribution in [3.8, 4) is 0 Å². The fourth-order valence-electron chi connectivity index (χ4n) is 11.5. The Morgan fingerprint density at radius 2 is 0.607 bits per heavy atom. The Bertz CT molecular complexity index is 1380. The number of rotatable bonds is 71. The molecule has 0 saturated heterocycles. The highest BCUT2D eigenvalue weighted by atomic mass is 16.7. The van der Waals surface area contributed by atoms with Crippen LogP contribution in [0.4, 0.5) is 0 Å². The second-order valence-corrected chi connectivity index (χ2v) is 27.0. The molecule has 0 heterocycles. The van der Waals surface area contributed by atoms with Crippen LogP contribution in [0.2, 0.25) is 0 Å². The summed E-state index contributed by atoms with van der Waals surface area (Å²) in [5.41, 5.74) is 0. The van der Waals surface area contributed by atoms with Crippen LogP contribution >= 0.6 is 0 Å². The number of quaternary nitrogens is 1.